The molecule has 0 bridgehead atoms. The number of thiazole rings is 1. The molecule has 0 aliphatic heterocycles. The van der Waals surface area contributed by atoms with E-state index in [-0.39, 0.29) is 11.8 Å². The van der Waals surface area contributed by atoms with E-state index in [9.17, 15) is 13.6 Å². The molecule has 0 saturated carbocycles. The van der Waals surface area contributed by atoms with Gasteiger partial charge in [0, 0.05) is 30.9 Å². The largest absolute Gasteiger partial charge is 0.435 e. The van der Waals surface area contributed by atoms with E-state index in [1.807, 2.05) is 13.1 Å². The molecule has 118 valence electrons. The van der Waals surface area contributed by atoms with Gasteiger partial charge in [-0.2, -0.15) is 13.8 Å². The zero-order valence-electron chi connectivity index (χ0n) is 12.3. The second-order valence-electron chi connectivity index (χ2n) is 4.66. The van der Waals surface area contributed by atoms with E-state index in [4.69, 9.17) is 0 Å². The minimum Gasteiger partial charge on any atom is -0.435 e. The number of urea groups is 1. The fraction of sp³-hybridized carbons (Fsp3) is 0.286. The van der Waals surface area contributed by atoms with Gasteiger partial charge in [-0.25, -0.2) is 4.79 Å². The number of hydrogen-bond acceptors (Lipinski definition) is 3. The molecular formula is C14H15F2N3O2S. The zero-order valence-corrected chi connectivity index (χ0v) is 13.1. The van der Waals surface area contributed by atoms with Gasteiger partial charge >= 0.3 is 12.6 Å². The molecule has 2 aromatic rings. The van der Waals surface area contributed by atoms with E-state index in [1.54, 1.807) is 30.8 Å². The lowest BCUT2D eigenvalue weighted by atomic mass is 10.3. The first-order chi connectivity index (χ1) is 10.4. The number of rotatable bonds is 3. The van der Waals surface area contributed by atoms with Crippen molar-refractivity contribution in [1.82, 2.24) is 9.47 Å². The maximum Gasteiger partial charge on any atom is 0.387 e. The number of carbonyl (C=O) groups excluding carboxylic acids is 1. The van der Waals surface area contributed by atoms with Gasteiger partial charge in [0.25, 0.3) is 0 Å². The van der Waals surface area contributed by atoms with Gasteiger partial charge in [-0.15, -0.1) is 11.3 Å². The Morgan fingerprint density at radius 2 is 1.95 bits per heavy atom. The van der Waals surface area contributed by atoms with E-state index in [1.165, 1.54) is 28.4 Å². The minimum absolute atomic E-state index is 0.0779. The van der Waals surface area contributed by atoms with Gasteiger partial charge in [0.05, 0.1) is 0 Å². The van der Waals surface area contributed by atoms with Crippen LogP contribution >= 0.6 is 11.3 Å². The molecule has 22 heavy (non-hydrogen) atoms. The zero-order chi connectivity index (χ0) is 16.3. The number of hydrogen-bond donors (Lipinski definition) is 0. The average Bonchev–Trinajstić information content (AvgIpc) is 2.79. The van der Waals surface area contributed by atoms with Crippen LogP contribution in [0.1, 0.15) is 4.88 Å². The van der Waals surface area contributed by atoms with Crippen LogP contribution < -0.4 is 9.54 Å². The number of halogens is 2. The maximum absolute atomic E-state index is 12.1. The molecule has 0 unspecified atom stereocenters. The molecule has 8 heteroatoms. The summed E-state index contributed by atoms with van der Waals surface area (Å²) in [6.45, 7) is -0.959. The summed E-state index contributed by atoms with van der Waals surface area (Å²) >= 11 is 1.37. The lowest BCUT2D eigenvalue weighted by Gasteiger charge is -2.07. The first-order valence-corrected chi connectivity index (χ1v) is 7.19. The molecule has 0 spiro atoms. The lowest BCUT2D eigenvalue weighted by molar-refractivity contribution is -0.0498. The molecule has 0 atom stereocenters. The van der Waals surface area contributed by atoms with Crippen molar-refractivity contribution in [2.45, 2.75) is 13.5 Å². The van der Waals surface area contributed by atoms with Crippen LogP contribution in [0.4, 0.5) is 13.6 Å². The highest BCUT2D eigenvalue weighted by atomic mass is 32.1. The van der Waals surface area contributed by atoms with Crippen LogP contribution in [0.3, 0.4) is 0 Å². The Morgan fingerprint density at radius 3 is 2.50 bits per heavy atom. The van der Waals surface area contributed by atoms with Gasteiger partial charge in [-0.3, -0.25) is 4.57 Å². The van der Waals surface area contributed by atoms with Gasteiger partial charge in [0.1, 0.15) is 5.75 Å². The molecule has 0 N–H and O–H groups in total. The number of nitrogens with zero attached hydrogens (tertiary/aromatic N) is 3. The fourth-order valence-corrected chi connectivity index (χ4v) is 2.51. The van der Waals surface area contributed by atoms with Gasteiger partial charge in [-0.05, 0) is 31.2 Å². The average molecular weight is 327 g/mol. The Balaban J connectivity index is 2.39. The second kappa shape index (κ2) is 6.69. The monoisotopic (exact) mass is 327 g/mol. The summed E-state index contributed by atoms with van der Waals surface area (Å²) < 4.78 is 30.3. The molecule has 0 aliphatic carbocycles. The summed E-state index contributed by atoms with van der Waals surface area (Å²) in [6, 6.07) is 5.78. The smallest absolute Gasteiger partial charge is 0.387 e. The van der Waals surface area contributed by atoms with Crippen LogP contribution in [-0.2, 0) is 0 Å². The van der Waals surface area contributed by atoms with E-state index in [2.05, 4.69) is 9.73 Å². The first-order valence-electron chi connectivity index (χ1n) is 6.37. The summed E-state index contributed by atoms with van der Waals surface area (Å²) in [7, 11) is 3.24. The quantitative estimate of drug-likeness (QED) is 0.870. The number of carbonyl (C=O) groups is 1. The Kier molecular flexibility index (Phi) is 4.92. The highest BCUT2D eigenvalue weighted by Crippen LogP contribution is 2.17. The van der Waals surface area contributed by atoms with E-state index < -0.39 is 6.61 Å². The fourth-order valence-electron chi connectivity index (χ4n) is 1.69. The highest BCUT2D eigenvalue weighted by Gasteiger charge is 2.08. The predicted octanol–water partition coefficient (Wildman–Crippen LogP) is 3.03. The number of alkyl halides is 2. The molecule has 5 nitrogen and oxygen atoms in total. The predicted molar refractivity (Wildman–Crippen MR) is 79.7 cm³/mol. The number of benzene rings is 1. The van der Waals surface area contributed by atoms with E-state index in [0.29, 0.717) is 10.5 Å². The minimum atomic E-state index is -2.86. The van der Waals surface area contributed by atoms with Crippen LogP contribution in [-0.4, -0.2) is 36.2 Å². The third-order valence-electron chi connectivity index (χ3n) is 2.68. The molecule has 0 saturated heterocycles. The molecule has 0 fully saturated rings. The summed E-state index contributed by atoms with van der Waals surface area (Å²) in [5, 5.41) is 0. The van der Waals surface area contributed by atoms with Crippen molar-refractivity contribution < 1.29 is 18.3 Å². The lowest BCUT2D eigenvalue weighted by Crippen LogP contribution is -2.22. The molecule has 1 aromatic heterocycles. The van der Waals surface area contributed by atoms with Crippen LogP contribution in [0.5, 0.6) is 5.75 Å². The SMILES string of the molecule is Cc1cn(-c2ccc(OC(F)F)cc2)c(=NC(=O)N(C)C)s1. The normalized spacial score (nSPS) is 11.8. The van der Waals surface area contributed by atoms with Crippen LogP contribution in [0.2, 0.25) is 0 Å². The number of amides is 2. The van der Waals surface area contributed by atoms with Crippen molar-refractivity contribution in [3.05, 3.63) is 40.1 Å². The van der Waals surface area contributed by atoms with Crippen molar-refractivity contribution in [2.24, 2.45) is 4.99 Å². The maximum atomic E-state index is 12.1. The molecule has 1 aromatic carbocycles. The van der Waals surface area contributed by atoms with Crippen molar-refractivity contribution in [3.8, 4) is 11.4 Å². The standard InChI is InChI=1S/C14H15F2N3O2S/c1-9-8-19(14(22-9)17-13(20)18(2)3)10-4-6-11(7-5-10)21-12(15)16/h4-8,12H,1-3H3. The van der Waals surface area contributed by atoms with Crippen molar-refractivity contribution in [3.63, 3.8) is 0 Å². The Hall–Kier alpha value is -2.22. The molecular weight excluding hydrogens is 312 g/mol. The molecule has 2 rings (SSSR count). The second-order valence-corrected chi connectivity index (χ2v) is 5.87. The highest BCUT2D eigenvalue weighted by molar-refractivity contribution is 7.09. The third kappa shape index (κ3) is 3.91. The van der Waals surface area contributed by atoms with Crippen LogP contribution in [0, 0.1) is 6.92 Å². The molecule has 0 radical (unpaired) electrons. The Labute approximate surface area is 130 Å². The van der Waals surface area contributed by atoms with Crippen LogP contribution in [0.15, 0.2) is 35.5 Å². The topological polar surface area (TPSA) is 46.8 Å². The van der Waals surface area contributed by atoms with Gasteiger partial charge in [0.2, 0.25) is 0 Å². The summed E-state index contributed by atoms with van der Waals surface area (Å²) in [5.74, 6) is 0.0779. The van der Waals surface area contributed by atoms with Crippen LogP contribution in [0.25, 0.3) is 5.69 Å². The number of aromatic nitrogens is 1. The van der Waals surface area contributed by atoms with Gasteiger partial charge < -0.3 is 9.64 Å². The Morgan fingerprint density at radius 1 is 1.32 bits per heavy atom. The number of aryl methyl sites for hydroxylation is 1. The summed E-state index contributed by atoms with van der Waals surface area (Å²) in [4.78, 5) is 18.6. The number of ether oxygens (including phenoxy) is 1. The Bertz CT molecular complexity index is 720. The first kappa shape index (κ1) is 16.2. The van der Waals surface area contributed by atoms with Gasteiger partial charge in [-0.1, -0.05) is 0 Å². The molecule has 1 heterocycles. The molecule has 0 aliphatic rings. The molecule has 2 amide bonds. The summed E-state index contributed by atoms with van der Waals surface area (Å²) in [5.41, 5.74) is 0.705. The third-order valence-corrected chi connectivity index (χ3v) is 3.58. The van der Waals surface area contributed by atoms with E-state index >= 15 is 0 Å². The van der Waals surface area contributed by atoms with Crippen molar-refractivity contribution in [1.29, 1.82) is 0 Å². The van der Waals surface area contributed by atoms with Gasteiger partial charge in [0.15, 0.2) is 4.80 Å². The van der Waals surface area contributed by atoms with E-state index in [0.717, 1.165) is 4.88 Å². The summed E-state index contributed by atoms with van der Waals surface area (Å²) in [6.07, 6.45) is 1.83. The van der Waals surface area contributed by atoms with Crippen molar-refractivity contribution >= 4 is 17.4 Å². The van der Waals surface area contributed by atoms with Crippen molar-refractivity contribution in [2.75, 3.05) is 14.1 Å².